The zero-order chi connectivity index (χ0) is 24.6. The van der Waals surface area contributed by atoms with Gasteiger partial charge in [-0.1, -0.05) is 39.0 Å². The molecule has 0 radical (unpaired) electrons. The van der Waals surface area contributed by atoms with E-state index in [1.807, 2.05) is 36.4 Å². The van der Waals surface area contributed by atoms with Crippen LogP contribution < -0.4 is 20.3 Å². The monoisotopic (exact) mass is 461 g/mol. The smallest absolute Gasteiger partial charge is 0.409 e. The Kier molecular flexibility index (Phi) is 5.91. The molecule has 0 bridgehead atoms. The quantitative estimate of drug-likeness (QED) is 0.485. The second-order valence-corrected chi connectivity index (χ2v) is 9.29. The van der Waals surface area contributed by atoms with Crippen LogP contribution in [0.1, 0.15) is 32.8 Å². The second-order valence-electron chi connectivity index (χ2n) is 9.29. The topological polar surface area (TPSA) is 108 Å². The van der Waals surface area contributed by atoms with Gasteiger partial charge in [0.15, 0.2) is 0 Å². The molecule has 3 aromatic carbocycles. The average molecular weight is 462 g/mol. The number of hydrogen-bond donors (Lipinski definition) is 3. The predicted molar refractivity (Wildman–Crippen MR) is 132 cm³/mol. The highest BCUT2D eigenvalue weighted by Crippen LogP contribution is 2.43. The van der Waals surface area contributed by atoms with Gasteiger partial charge in [-0.05, 0) is 52.1 Å². The molecule has 0 saturated carbocycles. The fourth-order valence-electron chi connectivity index (χ4n) is 4.19. The molecule has 8 nitrogen and oxygen atoms in total. The molecule has 34 heavy (non-hydrogen) atoms. The highest BCUT2D eigenvalue weighted by molar-refractivity contribution is 6.06. The van der Waals surface area contributed by atoms with Crippen molar-refractivity contribution in [2.24, 2.45) is 0 Å². The summed E-state index contributed by atoms with van der Waals surface area (Å²) in [6, 6.07) is 14.6. The number of fused-ring (bicyclic) bond motifs is 1. The number of nitrogens with zero attached hydrogens (tertiary/aromatic N) is 1. The number of anilines is 2. The Labute approximate surface area is 197 Å². The zero-order valence-electron chi connectivity index (χ0n) is 19.6. The van der Waals surface area contributed by atoms with Crippen molar-refractivity contribution in [3.05, 3.63) is 54.1 Å². The third-order valence-corrected chi connectivity index (χ3v) is 5.85. The van der Waals surface area contributed by atoms with Gasteiger partial charge in [0, 0.05) is 35.5 Å². The molecule has 3 N–H and O–H groups in total. The molecule has 0 aliphatic carbocycles. The largest absolute Gasteiger partial charge is 0.496 e. The Balaban J connectivity index is 1.87. The number of amides is 4. The van der Waals surface area contributed by atoms with Crippen molar-refractivity contribution in [1.29, 1.82) is 0 Å². The van der Waals surface area contributed by atoms with E-state index in [2.05, 4.69) is 31.4 Å². The van der Waals surface area contributed by atoms with Crippen molar-refractivity contribution >= 4 is 40.2 Å². The molecular formula is C26H27N3O5. The summed E-state index contributed by atoms with van der Waals surface area (Å²) in [7, 11) is 1.63. The summed E-state index contributed by atoms with van der Waals surface area (Å²) in [5, 5.41) is 15.5. The summed E-state index contributed by atoms with van der Waals surface area (Å²) in [5.74, 6) is 0.436. The first-order chi connectivity index (χ1) is 16.1. The summed E-state index contributed by atoms with van der Waals surface area (Å²) in [5.41, 5.74) is 3.56. The summed E-state index contributed by atoms with van der Waals surface area (Å²) in [4.78, 5) is 36.8. The van der Waals surface area contributed by atoms with E-state index in [1.54, 1.807) is 24.1 Å². The molecule has 1 aliphatic heterocycles. The van der Waals surface area contributed by atoms with Crippen LogP contribution in [0.3, 0.4) is 0 Å². The highest BCUT2D eigenvalue weighted by atomic mass is 16.5. The minimum absolute atomic E-state index is 0.237. The Morgan fingerprint density at radius 2 is 1.76 bits per heavy atom. The Hall–Kier alpha value is -4.07. The summed E-state index contributed by atoms with van der Waals surface area (Å²) >= 11 is 0. The van der Waals surface area contributed by atoms with E-state index in [4.69, 9.17) is 9.84 Å². The van der Waals surface area contributed by atoms with Gasteiger partial charge in [0.1, 0.15) is 5.75 Å². The van der Waals surface area contributed by atoms with Gasteiger partial charge in [0.05, 0.1) is 7.11 Å². The lowest BCUT2D eigenvalue weighted by atomic mass is 9.83. The first kappa shape index (κ1) is 23.1. The molecule has 176 valence electrons. The molecule has 4 amide bonds. The van der Waals surface area contributed by atoms with Crippen molar-refractivity contribution in [2.45, 2.75) is 32.6 Å². The lowest BCUT2D eigenvalue weighted by molar-refractivity contribution is -0.120. The molecule has 0 unspecified atom stereocenters. The zero-order valence-corrected chi connectivity index (χ0v) is 19.6. The summed E-state index contributed by atoms with van der Waals surface area (Å²) < 4.78 is 5.87. The van der Waals surface area contributed by atoms with Crippen LogP contribution in [0.25, 0.3) is 21.9 Å². The van der Waals surface area contributed by atoms with Crippen LogP contribution in [0.15, 0.2) is 48.5 Å². The van der Waals surface area contributed by atoms with Crippen molar-refractivity contribution in [3.63, 3.8) is 0 Å². The van der Waals surface area contributed by atoms with E-state index in [9.17, 15) is 14.4 Å². The van der Waals surface area contributed by atoms with Crippen molar-refractivity contribution < 1.29 is 24.2 Å². The molecule has 0 aromatic heterocycles. The fourth-order valence-corrected chi connectivity index (χ4v) is 4.19. The van der Waals surface area contributed by atoms with Gasteiger partial charge < -0.3 is 9.84 Å². The molecular weight excluding hydrogens is 434 g/mol. The van der Waals surface area contributed by atoms with Crippen molar-refractivity contribution in [2.75, 3.05) is 23.9 Å². The number of urea groups is 1. The van der Waals surface area contributed by atoms with Crippen LogP contribution in [-0.2, 0) is 10.2 Å². The Morgan fingerprint density at radius 3 is 2.41 bits per heavy atom. The predicted octanol–water partition coefficient (Wildman–Crippen LogP) is 5.35. The van der Waals surface area contributed by atoms with E-state index in [0.29, 0.717) is 23.7 Å². The third kappa shape index (κ3) is 4.52. The van der Waals surface area contributed by atoms with Crippen LogP contribution in [0.2, 0.25) is 0 Å². The molecule has 0 atom stereocenters. The van der Waals surface area contributed by atoms with Gasteiger partial charge in [-0.15, -0.1) is 0 Å². The van der Waals surface area contributed by atoms with E-state index < -0.39 is 12.1 Å². The first-order valence-corrected chi connectivity index (χ1v) is 10.9. The summed E-state index contributed by atoms with van der Waals surface area (Å²) in [6.07, 6.45) is -0.878. The maximum Gasteiger partial charge on any atom is 0.409 e. The van der Waals surface area contributed by atoms with E-state index in [0.717, 1.165) is 27.5 Å². The van der Waals surface area contributed by atoms with Crippen LogP contribution in [-0.4, -0.2) is 36.8 Å². The molecule has 1 heterocycles. The van der Waals surface area contributed by atoms with Crippen LogP contribution in [0, 0.1) is 0 Å². The SMILES string of the molecule is COc1c(-c2ccc3cc(NC(=O)O)ccc3c2)cc(N2CCC(=O)NC2=O)cc1C(C)(C)C. The van der Waals surface area contributed by atoms with Gasteiger partial charge in [-0.3, -0.25) is 20.3 Å². The molecule has 1 saturated heterocycles. The number of benzene rings is 3. The number of methoxy groups -OCH3 is 1. The normalized spacial score (nSPS) is 14.2. The number of imide groups is 1. The number of carbonyl (C=O) groups excluding carboxylic acids is 2. The highest BCUT2D eigenvalue weighted by Gasteiger charge is 2.29. The van der Waals surface area contributed by atoms with Crippen molar-refractivity contribution in [1.82, 2.24) is 5.32 Å². The van der Waals surface area contributed by atoms with E-state index in [-0.39, 0.29) is 17.7 Å². The Morgan fingerprint density at radius 1 is 1.06 bits per heavy atom. The lowest BCUT2D eigenvalue weighted by Gasteiger charge is -2.31. The van der Waals surface area contributed by atoms with Crippen LogP contribution in [0.4, 0.5) is 21.0 Å². The molecule has 1 fully saturated rings. The third-order valence-electron chi connectivity index (χ3n) is 5.85. The number of nitrogens with one attached hydrogen (secondary N) is 2. The maximum atomic E-state index is 12.6. The fraction of sp³-hybridized carbons (Fsp3) is 0.269. The van der Waals surface area contributed by atoms with E-state index in [1.165, 1.54) is 0 Å². The molecule has 4 rings (SSSR count). The van der Waals surface area contributed by atoms with Gasteiger partial charge in [-0.2, -0.15) is 0 Å². The number of carbonyl (C=O) groups is 3. The number of ether oxygens (including phenoxy) is 1. The van der Waals surface area contributed by atoms with E-state index >= 15 is 0 Å². The van der Waals surface area contributed by atoms with Crippen LogP contribution >= 0.6 is 0 Å². The number of hydrogen-bond acceptors (Lipinski definition) is 4. The average Bonchev–Trinajstić information content (AvgIpc) is 2.77. The second kappa shape index (κ2) is 8.70. The summed E-state index contributed by atoms with van der Waals surface area (Å²) in [6.45, 7) is 6.54. The maximum absolute atomic E-state index is 12.6. The molecule has 1 aliphatic rings. The lowest BCUT2D eigenvalue weighted by Crippen LogP contribution is -2.49. The Bertz CT molecular complexity index is 1310. The minimum atomic E-state index is -1.12. The van der Waals surface area contributed by atoms with Gasteiger partial charge >= 0.3 is 12.1 Å². The molecule has 8 heteroatoms. The van der Waals surface area contributed by atoms with Crippen molar-refractivity contribution in [3.8, 4) is 16.9 Å². The first-order valence-electron chi connectivity index (χ1n) is 10.9. The number of rotatable bonds is 4. The molecule has 3 aromatic rings. The molecule has 0 spiro atoms. The number of carboxylic acid groups (broad SMARTS) is 1. The van der Waals surface area contributed by atoms with Gasteiger partial charge in [0.25, 0.3) is 0 Å². The standard InChI is InChI=1S/C26H27N3O5/c1-26(2,3)21-14-19(29-10-9-22(30)28-24(29)31)13-20(23(21)34-4)17-6-5-16-12-18(27-25(32)33)8-7-15(16)11-17/h5-8,11-14,27H,9-10H2,1-4H3,(H,32,33)(H,28,30,31). The van der Waals surface area contributed by atoms with Gasteiger partial charge in [0.2, 0.25) is 5.91 Å². The van der Waals surface area contributed by atoms with Crippen LogP contribution in [0.5, 0.6) is 5.75 Å². The minimum Gasteiger partial charge on any atom is -0.496 e. The van der Waals surface area contributed by atoms with Gasteiger partial charge in [-0.25, -0.2) is 9.59 Å².